The number of carboxylic acid groups (broad SMARTS) is 1. The molecule has 37 heavy (non-hydrogen) atoms. The number of aliphatic hydroxyl groups excluding tert-OH is 1. The number of carbonyl (C=O) groups excluding carboxylic acids is 1. The van der Waals surface area contributed by atoms with Crippen molar-refractivity contribution in [3.05, 3.63) is 47.5 Å². The maximum atomic E-state index is 12.6. The number of nitrogens with one attached hydrogen (secondary N) is 1. The summed E-state index contributed by atoms with van der Waals surface area (Å²) in [7, 11) is 0. The molecule has 0 radical (unpaired) electrons. The predicted molar refractivity (Wildman–Crippen MR) is 147 cm³/mol. The topological polar surface area (TPSA) is 105 Å². The van der Waals surface area contributed by atoms with Crippen molar-refractivity contribution in [2.45, 2.75) is 98.0 Å². The fourth-order valence-electron chi connectivity index (χ4n) is 4.51. The second-order valence-electron chi connectivity index (χ2n) is 11.0. The van der Waals surface area contributed by atoms with Crippen LogP contribution in [0.5, 0.6) is 0 Å². The van der Waals surface area contributed by atoms with E-state index in [0.717, 1.165) is 30.2 Å². The molecule has 206 valence electrons. The van der Waals surface area contributed by atoms with E-state index in [1.807, 2.05) is 12.1 Å². The molecule has 0 aliphatic heterocycles. The van der Waals surface area contributed by atoms with Crippen molar-refractivity contribution in [1.29, 1.82) is 0 Å². The number of hydrogen-bond acceptors (Lipinski definition) is 5. The number of ether oxygens (including phenoxy) is 2. The molecule has 0 saturated heterocycles. The Bertz CT molecular complexity index is 1010. The lowest BCUT2D eigenvalue weighted by atomic mass is 9.86. The first-order chi connectivity index (χ1) is 17.4. The number of aliphatic hydroxyl groups is 1. The van der Waals surface area contributed by atoms with E-state index in [-0.39, 0.29) is 12.3 Å². The number of hydrogen-bond donors (Lipinski definition) is 3. The van der Waals surface area contributed by atoms with Crippen molar-refractivity contribution in [2.24, 2.45) is 11.8 Å². The van der Waals surface area contributed by atoms with E-state index in [9.17, 15) is 19.8 Å². The van der Waals surface area contributed by atoms with Gasteiger partial charge in [-0.05, 0) is 74.3 Å². The second kappa shape index (κ2) is 14.3. The summed E-state index contributed by atoms with van der Waals surface area (Å²) in [5.74, 6) is -1.56. The van der Waals surface area contributed by atoms with Gasteiger partial charge in [0.15, 0.2) is 0 Å². The van der Waals surface area contributed by atoms with Crippen LogP contribution in [-0.2, 0) is 27.3 Å². The molecule has 7 nitrogen and oxygen atoms in total. The van der Waals surface area contributed by atoms with E-state index in [2.05, 4.69) is 43.4 Å². The summed E-state index contributed by atoms with van der Waals surface area (Å²) >= 11 is 0. The Kier molecular flexibility index (Phi) is 11.9. The average Bonchev–Trinajstić information content (AvgIpc) is 2.81. The van der Waals surface area contributed by atoms with Gasteiger partial charge in [0.05, 0.1) is 24.7 Å². The first-order valence-corrected chi connectivity index (χ1v) is 13.4. The monoisotopic (exact) mass is 515 g/mol. The van der Waals surface area contributed by atoms with E-state index >= 15 is 0 Å². The molecule has 1 amide bonds. The molecule has 4 atom stereocenters. The molecule has 2 aromatic carbocycles. The summed E-state index contributed by atoms with van der Waals surface area (Å²) in [6.45, 7) is 12.3. The largest absolute Gasteiger partial charge is 0.481 e. The molecule has 0 heterocycles. The van der Waals surface area contributed by atoms with Crippen LogP contribution < -0.4 is 5.32 Å². The van der Waals surface area contributed by atoms with Gasteiger partial charge in [-0.1, -0.05) is 63.6 Å². The summed E-state index contributed by atoms with van der Waals surface area (Å²) < 4.78 is 11.3. The molecule has 2 aromatic rings. The van der Waals surface area contributed by atoms with Gasteiger partial charge in [0.2, 0.25) is 0 Å². The molecule has 0 aliphatic rings. The van der Waals surface area contributed by atoms with Crippen LogP contribution in [0.15, 0.2) is 36.4 Å². The minimum absolute atomic E-state index is 0.0428. The van der Waals surface area contributed by atoms with E-state index < -0.39 is 35.7 Å². The molecular weight excluding hydrogens is 470 g/mol. The fraction of sp³-hybridized carbons (Fsp3) is 0.600. The number of alkyl carbamates (subject to hydrolysis) is 1. The van der Waals surface area contributed by atoms with Crippen LogP contribution in [0.25, 0.3) is 10.8 Å². The molecule has 0 fully saturated rings. The molecule has 7 heteroatoms. The van der Waals surface area contributed by atoms with Gasteiger partial charge in [-0.25, -0.2) is 4.79 Å². The van der Waals surface area contributed by atoms with Crippen LogP contribution >= 0.6 is 0 Å². The molecular formula is C30H45NO6. The van der Waals surface area contributed by atoms with Crippen LogP contribution in [-0.4, -0.2) is 46.6 Å². The van der Waals surface area contributed by atoms with Crippen molar-refractivity contribution in [3.63, 3.8) is 0 Å². The number of rotatable bonds is 14. The normalized spacial score (nSPS) is 15.1. The van der Waals surface area contributed by atoms with Crippen molar-refractivity contribution in [1.82, 2.24) is 5.32 Å². The van der Waals surface area contributed by atoms with Crippen LogP contribution in [0.1, 0.15) is 78.4 Å². The molecule has 0 aromatic heterocycles. The lowest BCUT2D eigenvalue weighted by Crippen LogP contribution is -2.47. The minimum atomic E-state index is -1.01. The summed E-state index contributed by atoms with van der Waals surface area (Å²) in [6.07, 6.45) is 1.47. The maximum absolute atomic E-state index is 12.6. The zero-order valence-electron chi connectivity index (χ0n) is 23.3. The van der Waals surface area contributed by atoms with Crippen molar-refractivity contribution >= 4 is 22.8 Å². The van der Waals surface area contributed by atoms with E-state index in [0.29, 0.717) is 19.6 Å². The van der Waals surface area contributed by atoms with Crippen molar-refractivity contribution < 1.29 is 29.3 Å². The zero-order valence-corrected chi connectivity index (χ0v) is 23.3. The van der Waals surface area contributed by atoms with Gasteiger partial charge < -0.3 is 25.0 Å². The van der Waals surface area contributed by atoms with Crippen LogP contribution in [0.3, 0.4) is 0 Å². The average molecular weight is 516 g/mol. The molecule has 0 bridgehead atoms. The van der Waals surface area contributed by atoms with Crippen molar-refractivity contribution in [3.8, 4) is 0 Å². The Morgan fingerprint density at radius 3 is 2.41 bits per heavy atom. The predicted octanol–water partition coefficient (Wildman–Crippen LogP) is 6.09. The standard InChI is InChI=1S/C30H45NO6/c1-7-13-36-19-24-17-22(16-23-11-9-10-12-25(23)24)15-21(8-2)18-26(27(32)14-20(3)28(33)34)31-29(35)37-30(4,5)6/h9-12,16-17,20-21,26-27,32H,7-8,13-15,18-19H2,1-6H3,(H,31,35)(H,33,34)/t20?,21-,26-,27-/m0/s1. The molecule has 2 rings (SSSR count). The van der Waals surface area contributed by atoms with Gasteiger partial charge in [-0.2, -0.15) is 0 Å². The Hall–Kier alpha value is -2.64. The number of benzene rings is 2. The number of carboxylic acids is 1. The molecule has 0 saturated carbocycles. The molecule has 3 N–H and O–H groups in total. The minimum Gasteiger partial charge on any atom is -0.481 e. The summed E-state index contributed by atoms with van der Waals surface area (Å²) in [4.78, 5) is 23.9. The summed E-state index contributed by atoms with van der Waals surface area (Å²) in [5, 5.41) is 25.4. The SMILES string of the molecule is CCCOCc1cc(C[C@H](CC)C[C@H](NC(=O)OC(C)(C)C)[C@@H](O)CC(C)C(=O)O)cc2ccccc12. The van der Waals surface area contributed by atoms with E-state index in [1.165, 1.54) is 10.9 Å². The Balaban J connectivity index is 2.25. The van der Waals surface area contributed by atoms with Gasteiger partial charge in [0, 0.05) is 6.61 Å². The third-order valence-corrected chi connectivity index (χ3v) is 6.49. The highest BCUT2D eigenvalue weighted by Gasteiger charge is 2.29. The summed E-state index contributed by atoms with van der Waals surface area (Å²) in [5.41, 5.74) is 1.64. The lowest BCUT2D eigenvalue weighted by Gasteiger charge is -2.30. The Morgan fingerprint density at radius 1 is 1.08 bits per heavy atom. The highest BCUT2D eigenvalue weighted by molar-refractivity contribution is 5.86. The zero-order chi connectivity index (χ0) is 27.6. The highest BCUT2D eigenvalue weighted by atomic mass is 16.6. The third-order valence-electron chi connectivity index (χ3n) is 6.49. The first kappa shape index (κ1) is 30.6. The molecule has 0 spiro atoms. The first-order valence-electron chi connectivity index (χ1n) is 13.4. The smallest absolute Gasteiger partial charge is 0.407 e. The van der Waals surface area contributed by atoms with E-state index in [4.69, 9.17) is 9.47 Å². The van der Waals surface area contributed by atoms with E-state index in [1.54, 1.807) is 27.7 Å². The Labute approximate surface area is 221 Å². The van der Waals surface area contributed by atoms with Gasteiger partial charge in [0.1, 0.15) is 5.60 Å². The number of carbonyl (C=O) groups is 2. The van der Waals surface area contributed by atoms with Gasteiger partial charge in [0.25, 0.3) is 0 Å². The quantitative estimate of drug-likeness (QED) is 0.263. The van der Waals surface area contributed by atoms with Gasteiger partial charge in [-0.15, -0.1) is 0 Å². The van der Waals surface area contributed by atoms with Crippen LogP contribution in [0, 0.1) is 11.8 Å². The third kappa shape index (κ3) is 10.3. The van der Waals surface area contributed by atoms with Crippen LogP contribution in [0.4, 0.5) is 4.79 Å². The van der Waals surface area contributed by atoms with Gasteiger partial charge in [-0.3, -0.25) is 4.79 Å². The molecule has 0 aliphatic carbocycles. The number of aliphatic carboxylic acids is 1. The molecule has 1 unspecified atom stereocenters. The Morgan fingerprint density at radius 2 is 1.78 bits per heavy atom. The lowest BCUT2D eigenvalue weighted by molar-refractivity contribution is -0.142. The van der Waals surface area contributed by atoms with Crippen molar-refractivity contribution in [2.75, 3.05) is 6.61 Å². The number of fused-ring (bicyclic) bond motifs is 1. The highest BCUT2D eigenvalue weighted by Crippen LogP contribution is 2.27. The van der Waals surface area contributed by atoms with Crippen LogP contribution in [0.2, 0.25) is 0 Å². The number of amides is 1. The fourth-order valence-corrected chi connectivity index (χ4v) is 4.51. The summed E-state index contributed by atoms with van der Waals surface area (Å²) in [6, 6.07) is 12.0. The second-order valence-corrected chi connectivity index (χ2v) is 11.0. The van der Waals surface area contributed by atoms with Gasteiger partial charge >= 0.3 is 12.1 Å². The maximum Gasteiger partial charge on any atom is 0.407 e.